The second kappa shape index (κ2) is 9.24. The zero-order chi connectivity index (χ0) is 19.2. The van der Waals surface area contributed by atoms with Crippen LogP contribution in [0, 0.1) is 0 Å². The Kier molecular flexibility index (Phi) is 6.74. The SMILES string of the molecule is O=C(COc1ccc(Cl)cc1Br)Nc1cccc(C(=O)N2CCCCC2)c1. The van der Waals surface area contributed by atoms with E-state index in [1.165, 1.54) is 6.42 Å². The summed E-state index contributed by atoms with van der Waals surface area (Å²) in [6.45, 7) is 1.43. The van der Waals surface area contributed by atoms with Crippen molar-refractivity contribution in [3.05, 3.63) is 57.5 Å². The lowest BCUT2D eigenvalue weighted by Gasteiger charge is -2.26. The van der Waals surface area contributed by atoms with Gasteiger partial charge in [0.15, 0.2) is 6.61 Å². The van der Waals surface area contributed by atoms with Crippen molar-refractivity contribution in [1.29, 1.82) is 0 Å². The lowest BCUT2D eigenvalue weighted by atomic mass is 10.1. The molecule has 142 valence electrons. The Morgan fingerprint density at radius 1 is 1.11 bits per heavy atom. The summed E-state index contributed by atoms with van der Waals surface area (Å²) in [4.78, 5) is 26.6. The lowest BCUT2D eigenvalue weighted by molar-refractivity contribution is -0.118. The molecule has 5 nitrogen and oxygen atoms in total. The molecular weight excluding hydrogens is 432 g/mol. The quantitative estimate of drug-likeness (QED) is 0.714. The average molecular weight is 452 g/mol. The number of rotatable bonds is 5. The van der Waals surface area contributed by atoms with E-state index in [9.17, 15) is 9.59 Å². The van der Waals surface area contributed by atoms with E-state index in [2.05, 4.69) is 21.2 Å². The highest BCUT2D eigenvalue weighted by Gasteiger charge is 2.18. The fraction of sp³-hybridized carbons (Fsp3) is 0.300. The molecule has 7 heteroatoms. The minimum Gasteiger partial charge on any atom is -0.483 e. The number of nitrogens with zero attached hydrogens (tertiary/aromatic N) is 1. The van der Waals surface area contributed by atoms with Crippen LogP contribution in [0.1, 0.15) is 29.6 Å². The monoisotopic (exact) mass is 450 g/mol. The van der Waals surface area contributed by atoms with Crippen LogP contribution in [-0.4, -0.2) is 36.4 Å². The second-order valence-electron chi connectivity index (χ2n) is 6.35. The molecule has 2 aromatic rings. The fourth-order valence-electron chi connectivity index (χ4n) is 2.94. The minimum absolute atomic E-state index is 0.00661. The molecule has 1 aliphatic heterocycles. The molecule has 0 aliphatic carbocycles. The number of piperidine rings is 1. The summed E-state index contributed by atoms with van der Waals surface area (Å²) in [5.41, 5.74) is 1.15. The number of anilines is 1. The summed E-state index contributed by atoms with van der Waals surface area (Å²) in [6.07, 6.45) is 3.25. The summed E-state index contributed by atoms with van der Waals surface area (Å²) in [5, 5.41) is 3.34. The molecular formula is C20H20BrClN2O3. The normalized spacial score (nSPS) is 13.9. The van der Waals surface area contributed by atoms with Crippen LogP contribution in [0.15, 0.2) is 46.9 Å². The highest BCUT2D eigenvalue weighted by atomic mass is 79.9. The second-order valence-corrected chi connectivity index (χ2v) is 7.64. The molecule has 2 amide bonds. The highest BCUT2D eigenvalue weighted by molar-refractivity contribution is 9.10. The standard InChI is InChI=1S/C20H20BrClN2O3/c21-17-12-15(22)7-8-18(17)27-13-19(25)23-16-6-4-5-14(11-16)20(26)24-9-2-1-3-10-24/h4-8,11-12H,1-3,9-10,13H2,(H,23,25). The Hall–Kier alpha value is -2.05. The van der Waals surface area contributed by atoms with Gasteiger partial charge in [-0.25, -0.2) is 0 Å². The van der Waals surface area contributed by atoms with Crippen LogP contribution >= 0.6 is 27.5 Å². The maximum absolute atomic E-state index is 12.6. The lowest BCUT2D eigenvalue weighted by Crippen LogP contribution is -2.35. The van der Waals surface area contributed by atoms with Crippen LogP contribution in [-0.2, 0) is 4.79 Å². The van der Waals surface area contributed by atoms with E-state index in [0.29, 0.717) is 26.5 Å². The maximum atomic E-state index is 12.6. The van der Waals surface area contributed by atoms with Gasteiger partial charge in [-0.15, -0.1) is 0 Å². The predicted molar refractivity (Wildman–Crippen MR) is 109 cm³/mol. The third-order valence-electron chi connectivity index (χ3n) is 4.29. The number of amides is 2. The van der Waals surface area contributed by atoms with Crippen molar-refractivity contribution >= 4 is 45.0 Å². The number of carbonyl (C=O) groups is 2. The topological polar surface area (TPSA) is 58.6 Å². The van der Waals surface area contributed by atoms with Gasteiger partial charge in [-0.3, -0.25) is 9.59 Å². The number of likely N-dealkylation sites (tertiary alicyclic amines) is 1. The molecule has 1 aliphatic rings. The van der Waals surface area contributed by atoms with Crippen molar-refractivity contribution in [3.63, 3.8) is 0 Å². The van der Waals surface area contributed by atoms with Crippen LogP contribution in [0.2, 0.25) is 5.02 Å². The first kappa shape index (κ1) is 19.7. The molecule has 0 radical (unpaired) electrons. The molecule has 0 aromatic heterocycles. The fourth-order valence-corrected chi connectivity index (χ4v) is 3.74. The van der Waals surface area contributed by atoms with E-state index >= 15 is 0 Å². The van der Waals surface area contributed by atoms with Gasteiger partial charge in [0.25, 0.3) is 11.8 Å². The molecule has 27 heavy (non-hydrogen) atoms. The van der Waals surface area contributed by atoms with Crippen molar-refractivity contribution < 1.29 is 14.3 Å². The van der Waals surface area contributed by atoms with Crippen LogP contribution < -0.4 is 10.1 Å². The number of halogens is 2. The van der Waals surface area contributed by atoms with Gasteiger partial charge >= 0.3 is 0 Å². The highest BCUT2D eigenvalue weighted by Crippen LogP contribution is 2.28. The Morgan fingerprint density at radius 2 is 1.89 bits per heavy atom. The van der Waals surface area contributed by atoms with Crippen molar-refractivity contribution in [3.8, 4) is 5.75 Å². The Morgan fingerprint density at radius 3 is 2.63 bits per heavy atom. The molecule has 0 saturated carbocycles. The van der Waals surface area contributed by atoms with E-state index < -0.39 is 0 Å². The molecule has 1 saturated heterocycles. The summed E-state index contributed by atoms with van der Waals surface area (Å²) in [5.74, 6) is 0.232. The van der Waals surface area contributed by atoms with Gasteiger partial charge in [0, 0.05) is 29.4 Å². The van der Waals surface area contributed by atoms with Crippen LogP contribution in [0.25, 0.3) is 0 Å². The molecule has 0 unspecified atom stereocenters. The average Bonchev–Trinajstić information content (AvgIpc) is 2.67. The molecule has 0 atom stereocenters. The first-order valence-electron chi connectivity index (χ1n) is 8.80. The molecule has 1 fully saturated rings. The molecule has 3 rings (SSSR count). The molecule has 1 heterocycles. The number of hydrogen-bond acceptors (Lipinski definition) is 3. The van der Waals surface area contributed by atoms with Gasteiger partial charge in [-0.2, -0.15) is 0 Å². The number of carbonyl (C=O) groups excluding carboxylic acids is 2. The van der Waals surface area contributed by atoms with Crippen molar-refractivity contribution in [2.24, 2.45) is 0 Å². The number of hydrogen-bond donors (Lipinski definition) is 1. The Balaban J connectivity index is 1.58. The summed E-state index contributed by atoms with van der Waals surface area (Å²) in [6, 6.07) is 12.1. The largest absolute Gasteiger partial charge is 0.483 e. The number of benzene rings is 2. The maximum Gasteiger partial charge on any atom is 0.262 e. The molecule has 1 N–H and O–H groups in total. The van der Waals surface area contributed by atoms with E-state index in [1.807, 2.05) is 4.90 Å². The summed E-state index contributed by atoms with van der Waals surface area (Å²) in [7, 11) is 0. The van der Waals surface area contributed by atoms with E-state index in [-0.39, 0.29) is 18.4 Å². The molecule has 2 aromatic carbocycles. The van der Waals surface area contributed by atoms with Crippen LogP contribution in [0.4, 0.5) is 5.69 Å². The first-order chi connectivity index (χ1) is 13.0. The van der Waals surface area contributed by atoms with Gasteiger partial charge in [0.2, 0.25) is 0 Å². The van der Waals surface area contributed by atoms with Crippen LogP contribution in [0.5, 0.6) is 5.75 Å². The third kappa shape index (κ3) is 5.47. The van der Waals surface area contributed by atoms with Crippen molar-refractivity contribution in [1.82, 2.24) is 4.90 Å². The molecule has 0 spiro atoms. The van der Waals surface area contributed by atoms with Gasteiger partial charge < -0.3 is 15.0 Å². The summed E-state index contributed by atoms with van der Waals surface area (Å²) < 4.78 is 6.18. The minimum atomic E-state index is -0.306. The van der Waals surface area contributed by atoms with Gasteiger partial charge in [-0.05, 0) is 71.6 Å². The zero-order valence-electron chi connectivity index (χ0n) is 14.7. The Labute approximate surface area is 171 Å². The Bertz CT molecular complexity index is 838. The summed E-state index contributed by atoms with van der Waals surface area (Å²) >= 11 is 9.23. The molecule has 0 bridgehead atoms. The van der Waals surface area contributed by atoms with E-state index in [0.717, 1.165) is 25.9 Å². The van der Waals surface area contributed by atoms with Crippen molar-refractivity contribution in [2.45, 2.75) is 19.3 Å². The van der Waals surface area contributed by atoms with Crippen LogP contribution in [0.3, 0.4) is 0 Å². The smallest absolute Gasteiger partial charge is 0.262 e. The van der Waals surface area contributed by atoms with Gasteiger partial charge in [0.05, 0.1) is 4.47 Å². The van der Waals surface area contributed by atoms with Crippen molar-refractivity contribution in [2.75, 3.05) is 25.0 Å². The van der Waals surface area contributed by atoms with E-state index in [4.69, 9.17) is 16.3 Å². The number of ether oxygens (including phenoxy) is 1. The predicted octanol–water partition coefficient (Wildman–Crippen LogP) is 4.75. The zero-order valence-corrected chi connectivity index (χ0v) is 17.1. The number of nitrogens with one attached hydrogen (secondary N) is 1. The van der Waals surface area contributed by atoms with E-state index in [1.54, 1.807) is 42.5 Å². The first-order valence-corrected chi connectivity index (χ1v) is 9.97. The van der Waals surface area contributed by atoms with Gasteiger partial charge in [0.1, 0.15) is 5.75 Å². The van der Waals surface area contributed by atoms with Gasteiger partial charge in [-0.1, -0.05) is 17.7 Å². The third-order valence-corrected chi connectivity index (χ3v) is 5.14.